The third-order valence-corrected chi connectivity index (χ3v) is 4.76. The molecule has 1 saturated carbocycles. The molecule has 1 saturated heterocycles. The van der Waals surface area contributed by atoms with Gasteiger partial charge in [-0.15, -0.1) is 0 Å². The van der Waals surface area contributed by atoms with Crippen molar-refractivity contribution in [2.45, 2.75) is 70.9 Å². The molecule has 2 N–H and O–H groups in total. The fourth-order valence-electron chi connectivity index (χ4n) is 3.40. The molecule has 1 aliphatic carbocycles. The first-order valence-corrected chi connectivity index (χ1v) is 7.70. The van der Waals surface area contributed by atoms with Gasteiger partial charge in [0, 0.05) is 12.6 Å². The van der Waals surface area contributed by atoms with Crippen LogP contribution < -0.4 is 10.6 Å². The van der Waals surface area contributed by atoms with Crippen LogP contribution in [-0.4, -0.2) is 24.5 Å². The van der Waals surface area contributed by atoms with Gasteiger partial charge in [0.05, 0.1) is 6.04 Å². The van der Waals surface area contributed by atoms with E-state index in [1.165, 1.54) is 38.5 Å². The summed E-state index contributed by atoms with van der Waals surface area (Å²) in [4.78, 5) is 12.1. The summed E-state index contributed by atoms with van der Waals surface area (Å²) in [6, 6.07) is 0.538. The maximum absolute atomic E-state index is 12.1. The van der Waals surface area contributed by atoms with Crippen molar-refractivity contribution in [2.75, 3.05) is 6.54 Å². The highest BCUT2D eigenvalue weighted by molar-refractivity contribution is 5.81. The Balaban J connectivity index is 1.73. The second-order valence-electron chi connectivity index (χ2n) is 6.32. The number of piperidine rings is 1. The van der Waals surface area contributed by atoms with Crippen molar-refractivity contribution in [1.29, 1.82) is 0 Å². The number of rotatable bonds is 3. The molecule has 0 spiro atoms. The first kappa shape index (κ1) is 13.9. The lowest BCUT2D eigenvalue weighted by atomic mass is 9.80. The monoisotopic (exact) mass is 252 g/mol. The Kier molecular flexibility index (Phi) is 5.04. The molecule has 3 heteroatoms. The maximum Gasteiger partial charge on any atom is 0.237 e. The largest absolute Gasteiger partial charge is 0.354 e. The molecule has 1 amide bonds. The summed E-state index contributed by atoms with van der Waals surface area (Å²) in [5.41, 5.74) is 0. The van der Waals surface area contributed by atoms with Gasteiger partial charge in [0.15, 0.2) is 0 Å². The summed E-state index contributed by atoms with van der Waals surface area (Å²) in [5, 5.41) is 6.57. The van der Waals surface area contributed by atoms with E-state index in [-0.39, 0.29) is 11.9 Å². The Morgan fingerprint density at radius 1 is 1.11 bits per heavy atom. The summed E-state index contributed by atoms with van der Waals surface area (Å²) < 4.78 is 0. The van der Waals surface area contributed by atoms with Gasteiger partial charge in [0.1, 0.15) is 0 Å². The highest BCUT2D eigenvalue weighted by Gasteiger charge is 2.26. The molecule has 0 radical (unpaired) electrons. The highest BCUT2D eigenvalue weighted by Crippen LogP contribution is 2.28. The van der Waals surface area contributed by atoms with Gasteiger partial charge in [-0.2, -0.15) is 0 Å². The average Bonchev–Trinajstić information content (AvgIpc) is 2.37. The summed E-state index contributed by atoms with van der Waals surface area (Å²) in [6.45, 7) is 5.38. The molecule has 0 aromatic carbocycles. The van der Waals surface area contributed by atoms with Crippen LogP contribution in [0.2, 0.25) is 0 Å². The lowest BCUT2D eigenvalue weighted by Crippen LogP contribution is -2.51. The Labute approximate surface area is 111 Å². The molecule has 0 aromatic heterocycles. The zero-order valence-electron chi connectivity index (χ0n) is 11.9. The van der Waals surface area contributed by atoms with Crippen molar-refractivity contribution in [3.63, 3.8) is 0 Å². The zero-order chi connectivity index (χ0) is 13.0. The Hall–Kier alpha value is -0.570. The number of nitrogens with one attached hydrogen (secondary N) is 2. The quantitative estimate of drug-likeness (QED) is 0.810. The van der Waals surface area contributed by atoms with Crippen molar-refractivity contribution in [2.24, 2.45) is 11.8 Å². The van der Waals surface area contributed by atoms with Crippen LogP contribution in [0.5, 0.6) is 0 Å². The molecule has 2 rings (SSSR count). The molecule has 3 nitrogen and oxygen atoms in total. The summed E-state index contributed by atoms with van der Waals surface area (Å²) in [7, 11) is 0. The fraction of sp³-hybridized carbons (Fsp3) is 0.933. The van der Waals surface area contributed by atoms with E-state index < -0.39 is 0 Å². The topological polar surface area (TPSA) is 41.1 Å². The number of carbonyl (C=O) groups is 1. The molecule has 0 aromatic rings. The van der Waals surface area contributed by atoms with Crippen molar-refractivity contribution in [3.05, 3.63) is 0 Å². The van der Waals surface area contributed by atoms with Crippen molar-refractivity contribution in [3.8, 4) is 0 Å². The second kappa shape index (κ2) is 6.55. The zero-order valence-corrected chi connectivity index (χ0v) is 11.9. The van der Waals surface area contributed by atoms with Crippen LogP contribution >= 0.6 is 0 Å². The van der Waals surface area contributed by atoms with Crippen LogP contribution in [0.4, 0.5) is 0 Å². The number of hydrogen-bond donors (Lipinski definition) is 2. The minimum Gasteiger partial charge on any atom is -0.354 e. The van der Waals surface area contributed by atoms with Crippen LogP contribution in [0.3, 0.4) is 0 Å². The van der Waals surface area contributed by atoms with E-state index >= 15 is 0 Å². The van der Waals surface area contributed by atoms with E-state index in [0.29, 0.717) is 12.0 Å². The fourth-order valence-corrected chi connectivity index (χ4v) is 3.40. The Morgan fingerprint density at radius 2 is 1.89 bits per heavy atom. The summed E-state index contributed by atoms with van der Waals surface area (Å²) in [5.74, 6) is 1.69. The van der Waals surface area contributed by atoms with Gasteiger partial charge in [-0.1, -0.05) is 26.2 Å². The molecule has 0 bridgehead atoms. The molecule has 4 unspecified atom stereocenters. The van der Waals surface area contributed by atoms with E-state index in [4.69, 9.17) is 0 Å². The molecule has 2 aliphatic rings. The van der Waals surface area contributed by atoms with Gasteiger partial charge in [-0.25, -0.2) is 0 Å². The number of hydrogen-bond acceptors (Lipinski definition) is 2. The van der Waals surface area contributed by atoms with Crippen molar-refractivity contribution < 1.29 is 4.79 Å². The molecule has 1 heterocycles. The smallest absolute Gasteiger partial charge is 0.237 e. The normalized spacial score (nSPS) is 37.2. The SMILES string of the molecule is CC1CCCC(C(=O)NCC2CCCCC2C)N1. The van der Waals surface area contributed by atoms with E-state index in [0.717, 1.165) is 18.9 Å². The lowest BCUT2D eigenvalue weighted by Gasteiger charge is -2.31. The van der Waals surface area contributed by atoms with Gasteiger partial charge in [0.2, 0.25) is 5.91 Å². The molecular weight excluding hydrogens is 224 g/mol. The van der Waals surface area contributed by atoms with Gasteiger partial charge in [0.25, 0.3) is 0 Å². The van der Waals surface area contributed by atoms with E-state index in [1.54, 1.807) is 0 Å². The molecule has 18 heavy (non-hydrogen) atoms. The lowest BCUT2D eigenvalue weighted by molar-refractivity contribution is -0.124. The van der Waals surface area contributed by atoms with Crippen LogP contribution in [0, 0.1) is 11.8 Å². The third-order valence-electron chi connectivity index (χ3n) is 4.76. The van der Waals surface area contributed by atoms with E-state index in [1.807, 2.05) is 0 Å². The highest BCUT2D eigenvalue weighted by atomic mass is 16.2. The van der Waals surface area contributed by atoms with Gasteiger partial charge in [-0.3, -0.25) is 4.79 Å². The first-order chi connectivity index (χ1) is 8.66. The summed E-state index contributed by atoms with van der Waals surface area (Å²) in [6.07, 6.45) is 8.69. The molecule has 4 atom stereocenters. The minimum atomic E-state index is 0.0487. The minimum absolute atomic E-state index is 0.0487. The molecule has 104 valence electrons. The van der Waals surface area contributed by atoms with Crippen LogP contribution in [0.25, 0.3) is 0 Å². The van der Waals surface area contributed by atoms with Gasteiger partial charge in [-0.05, 0) is 44.4 Å². The van der Waals surface area contributed by atoms with Crippen LogP contribution in [0.1, 0.15) is 58.8 Å². The maximum atomic E-state index is 12.1. The first-order valence-electron chi connectivity index (χ1n) is 7.70. The molecular formula is C15H28N2O. The van der Waals surface area contributed by atoms with Crippen LogP contribution in [-0.2, 0) is 4.79 Å². The average molecular weight is 252 g/mol. The number of amides is 1. The van der Waals surface area contributed by atoms with Crippen molar-refractivity contribution in [1.82, 2.24) is 10.6 Å². The predicted molar refractivity (Wildman–Crippen MR) is 74.4 cm³/mol. The van der Waals surface area contributed by atoms with Crippen molar-refractivity contribution >= 4 is 5.91 Å². The third kappa shape index (κ3) is 3.71. The standard InChI is InChI=1S/C15H28N2O/c1-11-6-3-4-8-13(11)10-16-15(18)14-9-5-7-12(2)17-14/h11-14,17H,3-10H2,1-2H3,(H,16,18). The van der Waals surface area contributed by atoms with Gasteiger partial charge >= 0.3 is 0 Å². The predicted octanol–water partition coefficient (Wildman–Crippen LogP) is 2.46. The van der Waals surface area contributed by atoms with Crippen LogP contribution in [0.15, 0.2) is 0 Å². The summed E-state index contributed by atoms with van der Waals surface area (Å²) >= 11 is 0. The van der Waals surface area contributed by atoms with E-state index in [9.17, 15) is 4.79 Å². The Bertz CT molecular complexity index is 280. The second-order valence-corrected chi connectivity index (χ2v) is 6.32. The Morgan fingerprint density at radius 3 is 2.61 bits per heavy atom. The molecule has 1 aliphatic heterocycles. The molecule has 2 fully saturated rings. The number of carbonyl (C=O) groups excluding carboxylic acids is 1. The van der Waals surface area contributed by atoms with Gasteiger partial charge < -0.3 is 10.6 Å². The van der Waals surface area contributed by atoms with E-state index in [2.05, 4.69) is 24.5 Å².